The molecule has 4 rings (SSSR count). The van der Waals surface area contributed by atoms with Gasteiger partial charge in [-0.05, 0) is 50.6 Å². The first kappa shape index (κ1) is 25.7. The Morgan fingerprint density at radius 1 is 1.31 bits per heavy atom. The lowest BCUT2D eigenvalue weighted by molar-refractivity contribution is -0.118. The van der Waals surface area contributed by atoms with Gasteiger partial charge in [0.2, 0.25) is 11.8 Å². The summed E-state index contributed by atoms with van der Waals surface area (Å²) in [5, 5.41) is 17.8. The van der Waals surface area contributed by atoms with Crippen LogP contribution in [0, 0.1) is 17.2 Å². The molecule has 0 bridgehead atoms. The fourth-order valence-electron chi connectivity index (χ4n) is 5.24. The molecule has 2 aromatic rings. The number of halogens is 1. The van der Waals surface area contributed by atoms with Crippen LogP contribution in [0.15, 0.2) is 22.9 Å². The van der Waals surface area contributed by atoms with Gasteiger partial charge in [-0.3, -0.25) is 10.1 Å². The van der Waals surface area contributed by atoms with Crippen molar-refractivity contribution in [3.63, 3.8) is 0 Å². The van der Waals surface area contributed by atoms with Gasteiger partial charge in [-0.15, -0.1) is 0 Å². The molecule has 192 valence electrons. The number of carbonyl (C=O) groups is 1. The van der Waals surface area contributed by atoms with Crippen LogP contribution in [0.25, 0.3) is 11.3 Å². The van der Waals surface area contributed by atoms with Crippen LogP contribution in [0.5, 0.6) is 5.88 Å². The Kier molecular flexibility index (Phi) is 8.51. The summed E-state index contributed by atoms with van der Waals surface area (Å²) in [7, 11) is 1.47. The maximum absolute atomic E-state index is 14.4. The highest BCUT2D eigenvalue weighted by Gasteiger charge is 2.57. The van der Waals surface area contributed by atoms with Crippen LogP contribution in [0.1, 0.15) is 76.6 Å². The van der Waals surface area contributed by atoms with E-state index in [4.69, 9.17) is 9.15 Å². The Balaban J connectivity index is 1.44. The molecule has 2 fully saturated rings. The maximum atomic E-state index is 14.4. The number of unbranched alkanes of at least 4 members (excludes halogenated alkanes) is 2. The summed E-state index contributed by atoms with van der Waals surface area (Å²) in [5.41, 5.74) is 0.449. The van der Waals surface area contributed by atoms with Crippen molar-refractivity contribution in [3.8, 4) is 17.2 Å². The van der Waals surface area contributed by atoms with Gasteiger partial charge in [-0.2, -0.15) is 0 Å². The third-order valence-corrected chi connectivity index (χ3v) is 7.57. The number of piperidine rings is 1. The molecule has 0 amide bonds. The van der Waals surface area contributed by atoms with Crippen molar-refractivity contribution in [1.82, 2.24) is 20.6 Å². The van der Waals surface area contributed by atoms with Gasteiger partial charge in [0.15, 0.2) is 11.6 Å². The molecule has 2 aromatic heterocycles. The lowest BCUT2D eigenvalue weighted by atomic mass is 9.91. The number of ether oxygens (including phenoxy) is 1. The lowest BCUT2D eigenvalue weighted by Crippen LogP contribution is -2.38. The Morgan fingerprint density at radius 3 is 2.86 bits per heavy atom. The quantitative estimate of drug-likeness (QED) is 0.285. The first-order chi connectivity index (χ1) is 17.0. The summed E-state index contributed by atoms with van der Waals surface area (Å²) in [4.78, 5) is 19.9. The van der Waals surface area contributed by atoms with E-state index in [1.54, 1.807) is 0 Å². The average molecular weight is 489 g/mol. The van der Waals surface area contributed by atoms with Crippen LogP contribution in [0.4, 0.5) is 4.39 Å². The highest BCUT2D eigenvalue weighted by molar-refractivity contribution is 5.77. The molecule has 1 aliphatic carbocycles. The van der Waals surface area contributed by atoms with Crippen molar-refractivity contribution in [3.05, 3.63) is 30.2 Å². The van der Waals surface area contributed by atoms with Gasteiger partial charge in [-0.1, -0.05) is 19.8 Å². The van der Waals surface area contributed by atoms with Gasteiger partial charge in [0.05, 0.1) is 31.1 Å². The number of nitrogens with zero attached hydrogens (tertiary/aromatic N) is 2. The number of nitrogens with one attached hydrogen (secondary N) is 2. The van der Waals surface area contributed by atoms with Crippen LogP contribution in [-0.4, -0.2) is 47.3 Å². The van der Waals surface area contributed by atoms with E-state index in [0.717, 1.165) is 57.8 Å². The van der Waals surface area contributed by atoms with Gasteiger partial charge < -0.3 is 19.6 Å². The zero-order valence-corrected chi connectivity index (χ0v) is 20.7. The van der Waals surface area contributed by atoms with Crippen molar-refractivity contribution >= 4 is 5.78 Å². The molecule has 1 aliphatic heterocycles. The monoisotopic (exact) mass is 488 g/mol. The minimum atomic E-state index is -0.659. The summed E-state index contributed by atoms with van der Waals surface area (Å²) < 4.78 is 25.5. The number of ketones is 1. The Hall–Kier alpha value is -2.36. The molecule has 8 nitrogen and oxygen atoms in total. The lowest BCUT2D eigenvalue weighted by Gasteiger charge is -2.27. The second-order valence-electron chi connectivity index (χ2n) is 9.85. The molecule has 9 heteroatoms. The summed E-state index contributed by atoms with van der Waals surface area (Å²) in [6.45, 7) is 3.87. The molecule has 35 heavy (non-hydrogen) atoms. The number of pyridine rings is 1. The molecule has 3 atom stereocenters. The average Bonchev–Trinajstić information content (AvgIpc) is 3.33. The fourth-order valence-corrected chi connectivity index (χ4v) is 5.24. The topological polar surface area (TPSA) is 110 Å². The number of aliphatic hydroxyl groups is 1. The first-order valence-electron chi connectivity index (χ1n) is 12.8. The number of carbonyl (C=O) groups excluding carboxylic acids is 1. The van der Waals surface area contributed by atoms with Crippen LogP contribution in [-0.2, 0) is 4.79 Å². The number of methoxy groups -OCH3 is 1. The molecule has 0 aromatic carbocycles. The number of oxazole rings is 1. The molecule has 2 aliphatic rings. The molecule has 1 unspecified atom stereocenters. The van der Waals surface area contributed by atoms with Crippen molar-refractivity contribution in [2.45, 2.75) is 77.0 Å². The molecule has 1 spiro atoms. The van der Waals surface area contributed by atoms with Gasteiger partial charge >= 0.3 is 0 Å². The van der Waals surface area contributed by atoms with E-state index in [2.05, 4.69) is 20.6 Å². The Bertz CT molecular complexity index is 991. The second kappa shape index (κ2) is 11.6. The summed E-state index contributed by atoms with van der Waals surface area (Å²) in [6, 6.07) is 1.17. The van der Waals surface area contributed by atoms with Gasteiger partial charge in [0, 0.05) is 24.8 Å². The second-order valence-corrected chi connectivity index (χ2v) is 9.85. The third kappa shape index (κ3) is 6.26. The van der Waals surface area contributed by atoms with Crippen LogP contribution in [0.2, 0.25) is 0 Å². The normalized spacial score (nSPS) is 20.5. The largest absolute Gasteiger partial charge is 0.481 e. The number of rotatable bonds is 13. The molecule has 3 heterocycles. The summed E-state index contributed by atoms with van der Waals surface area (Å²) in [5.74, 6) is 0.957. The highest BCUT2D eigenvalue weighted by atomic mass is 19.1. The van der Waals surface area contributed by atoms with Crippen LogP contribution >= 0.6 is 0 Å². The SMILES string of the molecule is CCC(=O)CCCCC[C@H](NC(O)[C@H]1CC12CCNCC2)c1ncc(-c2cc(OC)ncc2F)o1. The molecule has 1 saturated heterocycles. The minimum Gasteiger partial charge on any atom is -0.481 e. The van der Waals surface area contributed by atoms with Crippen molar-refractivity contribution < 1.29 is 23.4 Å². The third-order valence-electron chi connectivity index (χ3n) is 7.57. The molecular formula is C26H37FN4O4. The molecular weight excluding hydrogens is 451 g/mol. The Labute approximate surface area is 206 Å². The number of Topliss-reactive ketones (excluding diaryl/α,β-unsaturated/α-hetero) is 1. The standard InChI is InChI=1S/C26H37FN4O4/c1-3-17(32)7-5-4-6-8-21(31-24(33)19-14-26(19)9-11-28-12-10-26)25-30-16-22(35-25)18-13-23(34-2)29-15-20(18)27/h13,15-16,19,21,24,28,31,33H,3-12,14H2,1-2H3/t19-,21+,24?/m1/s1. The van der Waals surface area contributed by atoms with Gasteiger partial charge in [-0.25, -0.2) is 14.4 Å². The Morgan fingerprint density at radius 2 is 2.11 bits per heavy atom. The van der Waals surface area contributed by atoms with Crippen LogP contribution < -0.4 is 15.4 Å². The van der Waals surface area contributed by atoms with Crippen molar-refractivity contribution in [2.75, 3.05) is 20.2 Å². The van der Waals surface area contributed by atoms with Gasteiger partial charge in [0.25, 0.3) is 0 Å². The van der Waals surface area contributed by atoms with Gasteiger partial charge in [0.1, 0.15) is 12.0 Å². The number of aliphatic hydroxyl groups excluding tert-OH is 1. The van der Waals surface area contributed by atoms with Crippen molar-refractivity contribution in [2.24, 2.45) is 11.3 Å². The molecule has 0 radical (unpaired) electrons. The van der Waals surface area contributed by atoms with Crippen molar-refractivity contribution in [1.29, 1.82) is 0 Å². The first-order valence-corrected chi connectivity index (χ1v) is 12.8. The van der Waals surface area contributed by atoms with E-state index in [1.165, 1.54) is 19.4 Å². The minimum absolute atomic E-state index is 0.214. The van der Waals surface area contributed by atoms with E-state index in [0.29, 0.717) is 25.2 Å². The molecule has 3 N–H and O–H groups in total. The number of hydrogen-bond donors (Lipinski definition) is 3. The number of hydrogen-bond acceptors (Lipinski definition) is 8. The predicted molar refractivity (Wildman–Crippen MR) is 129 cm³/mol. The predicted octanol–water partition coefficient (Wildman–Crippen LogP) is 4.15. The van der Waals surface area contributed by atoms with Crippen LogP contribution in [0.3, 0.4) is 0 Å². The highest BCUT2D eigenvalue weighted by Crippen LogP contribution is 2.59. The summed E-state index contributed by atoms with van der Waals surface area (Å²) >= 11 is 0. The zero-order chi connectivity index (χ0) is 24.8. The van der Waals surface area contributed by atoms with E-state index < -0.39 is 12.0 Å². The van der Waals surface area contributed by atoms with E-state index in [1.807, 2.05) is 6.92 Å². The fraction of sp³-hybridized carbons (Fsp3) is 0.654. The molecule has 1 saturated carbocycles. The van der Waals surface area contributed by atoms with E-state index in [-0.39, 0.29) is 40.4 Å². The smallest absolute Gasteiger partial charge is 0.213 e. The van der Waals surface area contributed by atoms with E-state index in [9.17, 15) is 14.3 Å². The van der Waals surface area contributed by atoms with E-state index >= 15 is 0 Å². The maximum Gasteiger partial charge on any atom is 0.213 e. The summed E-state index contributed by atoms with van der Waals surface area (Å²) in [6.07, 6.45) is 9.60. The number of aromatic nitrogens is 2. The zero-order valence-electron chi connectivity index (χ0n) is 20.7.